The number of hydrogen-bond acceptors (Lipinski definition) is 7. The number of carbonyl (C=O) groups is 1. The molecule has 0 bridgehead atoms. The fourth-order valence-corrected chi connectivity index (χ4v) is 3.36. The van der Waals surface area contributed by atoms with Gasteiger partial charge >= 0.3 is 5.97 Å². The van der Waals surface area contributed by atoms with Crippen LogP contribution in [0.3, 0.4) is 0 Å². The molecule has 2 heterocycles. The van der Waals surface area contributed by atoms with E-state index in [1.54, 1.807) is 31.2 Å². The molecule has 0 saturated carbocycles. The summed E-state index contributed by atoms with van der Waals surface area (Å²) in [4.78, 5) is 12.4. The van der Waals surface area contributed by atoms with Crippen LogP contribution in [-0.2, 0) is 4.79 Å². The number of thioether (sulfide) groups is 1. The zero-order valence-corrected chi connectivity index (χ0v) is 15.2. The molecule has 2 aromatic heterocycles. The number of aliphatic carboxylic acids is 1. The lowest BCUT2D eigenvalue weighted by molar-refractivity contribution is -0.131. The number of furan rings is 1. The van der Waals surface area contributed by atoms with E-state index in [4.69, 9.17) is 20.4 Å². The monoisotopic (exact) mass is 394 g/mol. The van der Waals surface area contributed by atoms with Gasteiger partial charge in [-0.3, -0.25) is 0 Å². The van der Waals surface area contributed by atoms with Crippen molar-refractivity contribution in [2.24, 2.45) is 0 Å². The largest absolute Gasteiger partial charge is 0.477 e. The Hall–Kier alpha value is -2.16. The molecule has 0 aliphatic heterocycles. The van der Waals surface area contributed by atoms with E-state index in [2.05, 4.69) is 10.2 Å². The second-order valence-electron chi connectivity index (χ2n) is 4.72. The van der Waals surface area contributed by atoms with E-state index < -0.39 is 5.97 Å². The number of nitrogens with zero attached hydrogens (tertiary/aromatic N) is 2. The van der Waals surface area contributed by atoms with Crippen molar-refractivity contribution >= 4 is 47.2 Å². The highest BCUT2D eigenvalue weighted by molar-refractivity contribution is 8.03. The molecule has 3 rings (SSSR count). The normalized spacial score (nSPS) is 11.7. The van der Waals surface area contributed by atoms with Gasteiger partial charge in [0.15, 0.2) is 5.09 Å². The first kappa shape index (κ1) is 17.7. The van der Waals surface area contributed by atoms with E-state index in [0.29, 0.717) is 21.8 Å². The molecule has 1 N–H and O–H groups in total. The maximum Gasteiger partial charge on any atom is 0.342 e. The van der Waals surface area contributed by atoms with E-state index in [9.17, 15) is 9.90 Å². The average molecular weight is 395 g/mol. The van der Waals surface area contributed by atoms with Gasteiger partial charge in [0.05, 0.1) is 0 Å². The van der Waals surface area contributed by atoms with Crippen LogP contribution in [-0.4, -0.2) is 21.3 Å². The Balaban J connectivity index is 1.75. The fraction of sp³-hybridized carbons (Fsp3) is 0.0625. The molecular weight excluding hydrogens is 384 g/mol. The van der Waals surface area contributed by atoms with Crippen LogP contribution in [0.4, 0.5) is 0 Å². The summed E-state index contributed by atoms with van der Waals surface area (Å²) >= 11 is 8.14. The number of halogens is 1. The summed E-state index contributed by atoms with van der Waals surface area (Å²) in [6.45, 7) is 1.63. The average Bonchev–Trinajstić information content (AvgIpc) is 3.18. The predicted molar refractivity (Wildman–Crippen MR) is 94.8 cm³/mol. The predicted octanol–water partition coefficient (Wildman–Crippen LogP) is 4.99. The molecule has 0 aliphatic rings. The van der Waals surface area contributed by atoms with E-state index in [-0.39, 0.29) is 10.1 Å². The van der Waals surface area contributed by atoms with Crippen molar-refractivity contribution in [2.75, 3.05) is 0 Å². The van der Waals surface area contributed by atoms with Crippen LogP contribution in [0.15, 0.2) is 65.3 Å². The highest BCUT2D eigenvalue weighted by Crippen LogP contribution is 2.32. The van der Waals surface area contributed by atoms with Crippen molar-refractivity contribution < 1.29 is 18.7 Å². The Morgan fingerprint density at radius 3 is 2.56 bits per heavy atom. The van der Waals surface area contributed by atoms with Gasteiger partial charge in [0, 0.05) is 22.9 Å². The lowest BCUT2D eigenvalue weighted by Gasteiger charge is -1.98. The first-order chi connectivity index (χ1) is 12.0. The smallest absolute Gasteiger partial charge is 0.342 e. The standard InChI is InChI=1S/C16H11ClN2O4S2/c1-9-18-19-16(22-9)25-13(15(20)21)8-11-4-7-14(23-11)24-12-5-2-10(17)3-6-12/h2-8H,1H3,(H,20,21)/b13-8-. The minimum absolute atomic E-state index is 0.0149. The maximum atomic E-state index is 11.4. The molecule has 0 atom stereocenters. The number of benzene rings is 1. The quantitative estimate of drug-likeness (QED) is 0.461. The number of carboxylic acid groups (broad SMARTS) is 1. The van der Waals surface area contributed by atoms with Gasteiger partial charge in [-0.25, -0.2) is 4.79 Å². The van der Waals surface area contributed by atoms with Crippen LogP contribution in [0.5, 0.6) is 0 Å². The molecule has 9 heteroatoms. The van der Waals surface area contributed by atoms with Crippen molar-refractivity contribution in [3.05, 3.63) is 58.0 Å². The van der Waals surface area contributed by atoms with Crippen molar-refractivity contribution in [3.8, 4) is 0 Å². The zero-order chi connectivity index (χ0) is 17.8. The summed E-state index contributed by atoms with van der Waals surface area (Å²) in [6.07, 6.45) is 1.42. The van der Waals surface area contributed by atoms with Crippen LogP contribution in [0.1, 0.15) is 11.7 Å². The van der Waals surface area contributed by atoms with Gasteiger partial charge < -0.3 is 13.9 Å². The Bertz CT molecular complexity index is 918. The van der Waals surface area contributed by atoms with E-state index in [0.717, 1.165) is 16.7 Å². The SMILES string of the molecule is Cc1nnc(S/C(=C\c2ccc(Sc3ccc(Cl)cc3)o2)C(=O)O)o1. The molecule has 0 fully saturated rings. The lowest BCUT2D eigenvalue weighted by Crippen LogP contribution is -1.96. The molecule has 3 aromatic rings. The van der Waals surface area contributed by atoms with Gasteiger partial charge in [-0.1, -0.05) is 23.4 Å². The molecule has 0 aliphatic carbocycles. The molecule has 0 amide bonds. The molecule has 1 aromatic carbocycles. The van der Waals surface area contributed by atoms with E-state index in [1.807, 2.05) is 12.1 Å². The van der Waals surface area contributed by atoms with Gasteiger partial charge in [-0.15, -0.1) is 10.2 Å². The second kappa shape index (κ2) is 7.81. The highest BCUT2D eigenvalue weighted by Gasteiger charge is 2.15. The summed E-state index contributed by atoms with van der Waals surface area (Å²) in [6, 6.07) is 10.8. The summed E-state index contributed by atoms with van der Waals surface area (Å²) in [5, 5.41) is 18.2. The minimum Gasteiger partial charge on any atom is -0.477 e. The summed E-state index contributed by atoms with van der Waals surface area (Å²) in [5.74, 6) is -0.325. The van der Waals surface area contributed by atoms with Gasteiger partial charge in [0.1, 0.15) is 10.7 Å². The van der Waals surface area contributed by atoms with Crippen LogP contribution >= 0.6 is 35.1 Å². The number of hydrogen-bond donors (Lipinski definition) is 1. The first-order valence-electron chi connectivity index (χ1n) is 6.96. The Morgan fingerprint density at radius 2 is 1.92 bits per heavy atom. The van der Waals surface area contributed by atoms with Crippen molar-refractivity contribution in [3.63, 3.8) is 0 Å². The van der Waals surface area contributed by atoms with E-state index >= 15 is 0 Å². The highest BCUT2D eigenvalue weighted by atomic mass is 35.5. The van der Waals surface area contributed by atoms with Crippen LogP contribution in [0, 0.1) is 6.92 Å². The Labute approximate surface area is 156 Å². The van der Waals surface area contributed by atoms with Gasteiger partial charge in [-0.2, -0.15) is 0 Å². The molecule has 128 valence electrons. The number of rotatable bonds is 6. The van der Waals surface area contributed by atoms with Gasteiger partial charge in [0.2, 0.25) is 5.89 Å². The van der Waals surface area contributed by atoms with Crippen LogP contribution in [0.2, 0.25) is 5.02 Å². The number of carboxylic acids is 1. The minimum atomic E-state index is -1.11. The summed E-state index contributed by atoms with van der Waals surface area (Å²) < 4.78 is 10.8. The fourth-order valence-electron chi connectivity index (χ4n) is 1.76. The molecule has 0 unspecified atom stereocenters. The summed E-state index contributed by atoms with van der Waals surface area (Å²) in [7, 11) is 0. The summed E-state index contributed by atoms with van der Waals surface area (Å²) in [5.41, 5.74) is 0. The van der Waals surface area contributed by atoms with Crippen molar-refractivity contribution in [2.45, 2.75) is 22.1 Å². The zero-order valence-electron chi connectivity index (χ0n) is 12.8. The number of aromatic nitrogens is 2. The molecule has 0 radical (unpaired) electrons. The van der Waals surface area contributed by atoms with Crippen molar-refractivity contribution in [1.29, 1.82) is 0 Å². The first-order valence-corrected chi connectivity index (χ1v) is 8.97. The number of aryl methyl sites for hydroxylation is 1. The third-order valence-electron chi connectivity index (χ3n) is 2.82. The van der Waals surface area contributed by atoms with Crippen LogP contribution in [0.25, 0.3) is 6.08 Å². The molecule has 0 spiro atoms. The Kier molecular flexibility index (Phi) is 5.52. The third kappa shape index (κ3) is 4.91. The maximum absolute atomic E-state index is 11.4. The van der Waals surface area contributed by atoms with E-state index in [1.165, 1.54) is 17.8 Å². The molecule has 6 nitrogen and oxygen atoms in total. The topological polar surface area (TPSA) is 89.4 Å². The molecule has 0 saturated heterocycles. The second-order valence-corrected chi connectivity index (χ2v) is 7.22. The van der Waals surface area contributed by atoms with Gasteiger partial charge in [-0.05, 0) is 48.2 Å². The van der Waals surface area contributed by atoms with Crippen molar-refractivity contribution in [1.82, 2.24) is 10.2 Å². The lowest BCUT2D eigenvalue weighted by atomic mass is 10.4. The van der Waals surface area contributed by atoms with Crippen LogP contribution < -0.4 is 0 Å². The third-order valence-corrected chi connectivity index (χ3v) is 4.86. The van der Waals surface area contributed by atoms with Gasteiger partial charge in [0.25, 0.3) is 5.22 Å². The molecular formula is C16H11ClN2O4S2. The Morgan fingerprint density at radius 1 is 1.16 bits per heavy atom. The molecule has 25 heavy (non-hydrogen) atoms.